The van der Waals surface area contributed by atoms with E-state index in [1.807, 2.05) is 41.8 Å². The molecule has 7 heteroatoms. The summed E-state index contributed by atoms with van der Waals surface area (Å²) in [7, 11) is 0. The minimum absolute atomic E-state index is 0.159. The zero-order chi connectivity index (χ0) is 18.9. The minimum atomic E-state index is -0.159. The summed E-state index contributed by atoms with van der Waals surface area (Å²) in [4.78, 5) is 24.1. The van der Waals surface area contributed by atoms with E-state index >= 15 is 0 Å². The lowest BCUT2D eigenvalue weighted by atomic mass is 10.1. The molecule has 0 atom stereocenters. The number of ether oxygens (including phenoxy) is 1. The Morgan fingerprint density at radius 2 is 1.93 bits per heavy atom. The number of carbonyl (C=O) groups is 1. The summed E-state index contributed by atoms with van der Waals surface area (Å²) in [6.45, 7) is 2.85. The van der Waals surface area contributed by atoms with Gasteiger partial charge >= 0.3 is 0 Å². The number of nitrogens with zero attached hydrogens (tertiary/aromatic N) is 3. The Bertz CT molecular complexity index is 1170. The van der Waals surface area contributed by atoms with Gasteiger partial charge in [0.25, 0.3) is 5.91 Å². The van der Waals surface area contributed by atoms with Crippen molar-refractivity contribution in [2.24, 2.45) is 0 Å². The molecule has 2 aromatic heterocycles. The first-order valence-electron chi connectivity index (χ1n) is 9.15. The highest BCUT2D eigenvalue weighted by Crippen LogP contribution is 2.27. The fourth-order valence-electron chi connectivity index (χ4n) is 3.36. The van der Waals surface area contributed by atoms with Crippen LogP contribution < -0.4 is 10.2 Å². The predicted octanol–water partition coefficient (Wildman–Crippen LogP) is 3.93. The maximum atomic E-state index is 12.9. The van der Waals surface area contributed by atoms with Crippen LogP contribution in [0.25, 0.3) is 21.0 Å². The van der Waals surface area contributed by atoms with E-state index in [1.54, 1.807) is 6.20 Å². The van der Waals surface area contributed by atoms with Gasteiger partial charge in [-0.05, 0) is 22.9 Å². The van der Waals surface area contributed by atoms with Crippen molar-refractivity contribution >= 4 is 49.9 Å². The molecule has 4 aromatic rings. The van der Waals surface area contributed by atoms with Gasteiger partial charge in [0.2, 0.25) is 5.95 Å². The second-order valence-corrected chi connectivity index (χ2v) is 7.56. The highest BCUT2D eigenvalue weighted by atomic mass is 32.1. The molecule has 3 heterocycles. The molecule has 2 aromatic carbocycles. The van der Waals surface area contributed by atoms with Gasteiger partial charge < -0.3 is 15.0 Å². The van der Waals surface area contributed by atoms with Crippen molar-refractivity contribution < 1.29 is 9.53 Å². The molecule has 0 saturated carbocycles. The van der Waals surface area contributed by atoms with Crippen LogP contribution in [0.5, 0.6) is 0 Å². The van der Waals surface area contributed by atoms with Crippen LogP contribution in [0.1, 0.15) is 10.4 Å². The van der Waals surface area contributed by atoms with Crippen molar-refractivity contribution in [2.45, 2.75) is 0 Å². The molecule has 0 bridgehead atoms. The van der Waals surface area contributed by atoms with Gasteiger partial charge in [-0.1, -0.05) is 30.3 Å². The largest absolute Gasteiger partial charge is 0.378 e. The van der Waals surface area contributed by atoms with Crippen molar-refractivity contribution in [3.8, 4) is 0 Å². The molecule has 1 aliphatic rings. The number of rotatable bonds is 3. The third-order valence-electron chi connectivity index (χ3n) is 4.85. The molecule has 28 heavy (non-hydrogen) atoms. The second-order valence-electron chi connectivity index (χ2n) is 6.65. The number of carbonyl (C=O) groups excluding carboxylic acids is 1. The first-order valence-corrected chi connectivity index (χ1v) is 10.0. The van der Waals surface area contributed by atoms with E-state index in [1.165, 1.54) is 11.3 Å². The number of aromatic nitrogens is 2. The van der Waals surface area contributed by atoms with E-state index in [4.69, 9.17) is 4.74 Å². The predicted molar refractivity (Wildman–Crippen MR) is 112 cm³/mol. The summed E-state index contributed by atoms with van der Waals surface area (Å²) in [5, 5.41) is 7.08. The smallest absolute Gasteiger partial charge is 0.258 e. The van der Waals surface area contributed by atoms with E-state index in [0.29, 0.717) is 30.2 Å². The minimum Gasteiger partial charge on any atom is -0.378 e. The molecule has 1 saturated heterocycles. The first-order chi connectivity index (χ1) is 13.8. The van der Waals surface area contributed by atoms with Crippen molar-refractivity contribution in [3.05, 3.63) is 59.6 Å². The monoisotopic (exact) mass is 390 g/mol. The molecule has 1 amide bonds. The number of hydrogen-bond donors (Lipinski definition) is 1. The van der Waals surface area contributed by atoms with Crippen LogP contribution >= 0.6 is 11.3 Å². The Labute approximate surface area is 165 Å². The number of anilines is 2. The van der Waals surface area contributed by atoms with Crippen LogP contribution in [0, 0.1) is 0 Å². The molecule has 0 unspecified atom stereocenters. The molecule has 6 nitrogen and oxygen atoms in total. The lowest BCUT2D eigenvalue weighted by Gasteiger charge is -2.26. The Morgan fingerprint density at radius 1 is 1.11 bits per heavy atom. The molecule has 0 spiro atoms. The lowest BCUT2D eigenvalue weighted by Crippen LogP contribution is -2.37. The molecular formula is C21H18N4O2S. The van der Waals surface area contributed by atoms with Crippen LogP contribution in [-0.2, 0) is 4.74 Å². The Hall–Kier alpha value is -3.03. The third kappa shape index (κ3) is 3.19. The fraction of sp³-hybridized carbons (Fsp3) is 0.190. The summed E-state index contributed by atoms with van der Waals surface area (Å²) in [6.07, 6.45) is 1.80. The molecular weight excluding hydrogens is 372 g/mol. The maximum absolute atomic E-state index is 12.9. The van der Waals surface area contributed by atoms with Crippen LogP contribution in [0.4, 0.5) is 11.6 Å². The number of benzene rings is 2. The van der Waals surface area contributed by atoms with Crippen molar-refractivity contribution in [1.29, 1.82) is 0 Å². The second kappa shape index (κ2) is 7.18. The molecule has 1 aliphatic heterocycles. The van der Waals surface area contributed by atoms with Crippen LogP contribution in [0.15, 0.2) is 54.0 Å². The standard InChI is InChI=1S/C21H18N4O2S/c26-20(23-16-6-5-14-3-1-2-4-15(14)11-16)17-13-28-18-12-22-21(24-19(17)18)25-7-9-27-10-8-25/h1-6,11-13H,7-10H2,(H,23,26). The van der Waals surface area contributed by atoms with Crippen molar-refractivity contribution in [3.63, 3.8) is 0 Å². The van der Waals surface area contributed by atoms with Gasteiger partial charge in [-0.15, -0.1) is 11.3 Å². The summed E-state index contributed by atoms with van der Waals surface area (Å²) in [6, 6.07) is 14.0. The van der Waals surface area contributed by atoms with Gasteiger partial charge in [-0.3, -0.25) is 4.79 Å². The summed E-state index contributed by atoms with van der Waals surface area (Å²) in [5.74, 6) is 0.488. The lowest BCUT2D eigenvalue weighted by molar-refractivity contribution is 0.102. The number of hydrogen-bond acceptors (Lipinski definition) is 6. The highest BCUT2D eigenvalue weighted by molar-refractivity contribution is 7.17. The van der Waals surface area contributed by atoms with E-state index in [-0.39, 0.29) is 5.91 Å². The Balaban J connectivity index is 1.44. The van der Waals surface area contributed by atoms with Crippen molar-refractivity contribution in [1.82, 2.24) is 9.97 Å². The van der Waals surface area contributed by atoms with Crippen LogP contribution in [0.2, 0.25) is 0 Å². The van der Waals surface area contributed by atoms with Gasteiger partial charge in [0.1, 0.15) is 0 Å². The van der Waals surface area contributed by atoms with Gasteiger partial charge in [0.15, 0.2) is 0 Å². The van der Waals surface area contributed by atoms with Crippen LogP contribution in [-0.4, -0.2) is 42.2 Å². The van der Waals surface area contributed by atoms with Gasteiger partial charge in [-0.25, -0.2) is 9.97 Å². The molecule has 0 radical (unpaired) electrons. The molecule has 140 valence electrons. The third-order valence-corrected chi connectivity index (χ3v) is 5.75. The number of morpholine rings is 1. The van der Waals surface area contributed by atoms with E-state index in [9.17, 15) is 4.79 Å². The first kappa shape index (κ1) is 17.1. The number of thiophene rings is 1. The van der Waals surface area contributed by atoms with E-state index in [0.717, 1.165) is 34.2 Å². The average Bonchev–Trinajstić information content (AvgIpc) is 3.18. The van der Waals surface area contributed by atoms with E-state index < -0.39 is 0 Å². The number of amides is 1. The molecule has 5 rings (SSSR count). The summed E-state index contributed by atoms with van der Waals surface area (Å²) >= 11 is 1.48. The maximum Gasteiger partial charge on any atom is 0.258 e. The van der Waals surface area contributed by atoms with Gasteiger partial charge in [0.05, 0.1) is 35.2 Å². The zero-order valence-electron chi connectivity index (χ0n) is 15.1. The van der Waals surface area contributed by atoms with Crippen LogP contribution in [0.3, 0.4) is 0 Å². The van der Waals surface area contributed by atoms with E-state index in [2.05, 4.69) is 26.3 Å². The van der Waals surface area contributed by atoms with Gasteiger partial charge in [-0.2, -0.15) is 0 Å². The quantitative estimate of drug-likeness (QED) is 0.574. The number of nitrogens with one attached hydrogen (secondary N) is 1. The van der Waals surface area contributed by atoms with Gasteiger partial charge in [0, 0.05) is 24.2 Å². The SMILES string of the molecule is O=C(Nc1ccc2ccccc2c1)c1csc2cnc(N3CCOCC3)nc12. The topological polar surface area (TPSA) is 67.4 Å². The fourth-order valence-corrected chi connectivity index (χ4v) is 4.21. The molecule has 1 N–H and O–H groups in total. The number of fused-ring (bicyclic) bond motifs is 2. The summed E-state index contributed by atoms with van der Waals surface area (Å²) < 4.78 is 6.30. The highest BCUT2D eigenvalue weighted by Gasteiger charge is 2.18. The average molecular weight is 390 g/mol. The molecule has 0 aliphatic carbocycles. The normalized spacial score (nSPS) is 14.5. The summed E-state index contributed by atoms with van der Waals surface area (Å²) in [5.41, 5.74) is 2.04. The van der Waals surface area contributed by atoms with Crippen molar-refractivity contribution in [2.75, 3.05) is 36.5 Å². The Kier molecular flexibility index (Phi) is 4.38. The Morgan fingerprint density at radius 3 is 2.79 bits per heavy atom. The molecule has 1 fully saturated rings. The zero-order valence-corrected chi connectivity index (χ0v) is 15.9.